The lowest BCUT2D eigenvalue weighted by atomic mass is 10.2. The minimum atomic E-state index is -0.207. The zero-order valence-electron chi connectivity index (χ0n) is 12.9. The molecule has 1 aromatic carbocycles. The summed E-state index contributed by atoms with van der Waals surface area (Å²) in [5, 5.41) is 6.48. The molecule has 0 bridgehead atoms. The van der Waals surface area contributed by atoms with Crippen molar-refractivity contribution >= 4 is 11.8 Å². The molecule has 0 aliphatic carbocycles. The van der Waals surface area contributed by atoms with Crippen molar-refractivity contribution in [1.29, 1.82) is 0 Å². The molecule has 3 rings (SSSR count). The minimum Gasteiger partial charge on any atom is -0.349 e. The fourth-order valence-corrected chi connectivity index (χ4v) is 2.65. The number of rotatable bonds is 5. The van der Waals surface area contributed by atoms with Crippen LogP contribution in [0.5, 0.6) is 0 Å². The lowest BCUT2D eigenvalue weighted by Crippen LogP contribution is -2.27. The minimum absolute atomic E-state index is 0.0838. The number of likely N-dealkylation sites (tertiary alicyclic amines) is 1. The largest absolute Gasteiger partial charge is 0.349 e. The Labute approximate surface area is 133 Å². The summed E-state index contributed by atoms with van der Waals surface area (Å²) in [5.74, 6) is 0.764. The van der Waals surface area contributed by atoms with Crippen LogP contribution in [0.15, 0.2) is 34.9 Å². The third-order valence-corrected chi connectivity index (χ3v) is 3.79. The van der Waals surface area contributed by atoms with Crippen molar-refractivity contribution in [2.75, 3.05) is 0 Å². The summed E-state index contributed by atoms with van der Waals surface area (Å²) in [7, 11) is 0. The molecule has 7 heteroatoms. The van der Waals surface area contributed by atoms with Gasteiger partial charge in [-0.3, -0.25) is 9.59 Å². The number of carbonyl (C=O) groups is 2. The molecular weight excluding hydrogens is 296 g/mol. The number of hydrogen-bond donors (Lipinski definition) is 1. The molecule has 1 aliphatic heterocycles. The van der Waals surface area contributed by atoms with Gasteiger partial charge in [0, 0.05) is 19.9 Å². The van der Waals surface area contributed by atoms with E-state index in [-0.39, 0.29) is 24.4 Å². The van der Waals surface area contributed by atoms with Crippen molar-refractivity contribution in [3.63, 3.8) is 0 Å². The van der Waals surface area contributed by atoms with Gasteiger partial charge in [0.15, 0.2) is 5.82 Å². The highest BCUT2D eigenvalue weighted by Crippen LogP contribution is 2.33. The van der Waals surface area contributed by atoms with Crippen molar-refractivity contribution in [3.05, 3.63) is 47.6 Å². The molecule has 23 heavy (non-hydrogen) atoms. The van der Waals surface area contributed by atoms with Crippen LogP contribution in [0.4, 0.5) is 0 Å². The van der Waals surface area contributed by atoms with Gasteiger partial charge in [-0.25, -0.2) is 0 Å². The molecule has 0 saturated carbocycles. The second kappa shape index (κ2) is 6.60. The summed E-state index contributed by atoms with van der Waals surface area (Å²) >= 11 is 0. The molecule has 0 unspecified atom stereocenters. The van der Waals surface area contributed by atoms with Crippen LogP contribution in [0.2, 0.25) is 0 Å². The van der Waals surface area contributed by atoms with E-state index in [1.165, 1.54) is 6.92 Å². The summed E-state index contributed by atoms with van der Waals surface area (Å²) in [5.41, 5.74) is 1.06. The Morgan fingerprint density at radius 3 is 2.91 bits per heavy atom. The molecule has 1 saturated heterocycles. The molecule has 120 valence electrons. The van der Waals surface area contributed by atoms with E-state index in [9.17, 15) is 9.59 Å². The van der Waals surface area contributed by atoms with Gasteiger partial charge in [0.1, 0.15) is 6.04 Å². The molecule has 2 aromatic rings. The fourth-order valence-electron chi connectivity index (χ4n) is 2.65. The van der Waals surface area contributed by atoms with E-state index in [1.54, 1.807) is 4.90 Å². The molecule has 1 aliphatic rings. The number of aromatic nitrogens is 2. The highest BCUT2D eigenvalue weighted by molar-refractivity contribution is 5.78. The number of benzene rings is 1. The van der Waals surface area contributed by atoms with Crippen LogP contribution in [0.25, 0.3) is 0 Å². The van der Waals surface area contributed by atoms with Gasteiger partial charge in [-0.15, -0.1) is 0 Å². The molecule has 0 spiro atoms. The average Bonchev–Trinajstić information content (AvgIpc) is 3.14. The van der Waals surface area contributed by atoms with Crippen LogP contribution in [0.1, 0.15) is 43.1 Å². The standard InChI is InChI=1S/C16H18N4O3/c1-11(21)17-9-14-18-16(23-19-14)13-7-8-15(22)20(13)10-12-5-3-2-4-6-12/h2-6,13H,7-10H2,1H3,(H,17,21)/t13-/m0/s1. The predicted octanol–water partition coefficient (Wildman–Crippen LogP) is 1.57. The van der Waals surface area contributed by atoms with E-state index in [0.29, 0.717) is 31.1 Å². The van der Waals surface area contributed by atoms with Gasteiger partial charge in [-0.1, -0.05) is 35.5 Å². The van der Waals surface area contributed by atoms with E-state index in [4.69, 9.17) is 4.52 Å². The van der Waals surface area contributed by atoms with Gasteiger partial charge in [-0.2, -0.15) is 4.98 Å². The Morgan fingerprint density at radius 1 is 1.39 bits per heavy atom. The third-order valence-electron chi connectivity index (χ3n) is 3.79. The molecule has 0 radical (unpaired) electrons. The highest BCUT2D eigenvalue weighted by atomic mass is 16.5. The van der Waals surface area contributed by atoms with Gasteiger partial charge in [0.25, 0.3) is 0 Å². The van der Waals surface area contributed by atoms with Gasteiger partial charge in [0.05, 0.1) is 6.54 Å². The zero-order valence-corrected chi connectivity index (χ0v) is 12.9. The van der Waals surface area contributed by atoms with E-state index in [1.807, 2.05) is 30.3 Å². The zero-order chi connectivity index (χ0) is 16.2. The number of hydrogen-bond acceptors (Lipinski definition) is 5. The predicted molar refractivity (Wildman–Crippen MR) is 80.8 cm³/mol. The van der Waals surface area contributed by atoms with Crippen LogP contribution < -0.4 is 5.32 Å². The van der Waals surface area contributed by atoms with Crippen molar-refractivity contribution in [2.24, 2.45) is 0 Å². The lowest BCUT2D eigenvalue weighted by Gasteiger charge is -2.22. The highest BCUT2D eigenvalue weighted by Gasteiger charge is 2.35. The molecular formula is C16H18N4O3. The smallest absolute Gasteiger partial charge is 0.249 e. The summed E-state index contributed by atoms with van der Waals surface area (Å²) < 4.78 is 5.29. The normalized spacial score (nSPS) is 17.5. The van der Waals surface area contributed by atoms with Crippen LogP contribution in [0, 0.1) is 0 Å². The number of amides is 2. The topological polar surface area (TPSA) is 88.3 Å². The Morgan fingerprint density at radius 2 is 2.17 bits per heavy atom. The van der Waals surface area contributed by atoms with Crippen molar-refractivity contribution in [2.45, 2.75) is 38.9 Å². The first-order chi connectivity index (χ1) is 11.1. The first-order valence-corrected chi connectivity index (χ1v) is 7.54. The quantitative estimate of drug-likeness (QED) is 0.905. The van der Waals surface area contributed by atoms with Crippen molar-refractivity contribution < 1.29 is 14.1 Å². The van der Waals surface area contributed by atoms with Gasteiger partial charge in [-0.05, 0) is 12.0 Å². The summed E-state index contributed by atoms with van der Waals surface area (Å²) in [6.45, 7) is 2.17. The number of nitrogens with one attached hydrogen (secondary N) is 1. The number of nitrogens with zero attached hydrogens (tertiary/aromatic N) is 3. The molecule has 1 fully saturated rings. The number of carbonyl (C=O) groups excluding carboxylic acids is 2. The van der Waals surface area contributed by atoms with Crippen LogP contribution in [0.3, 0.4) is 0 Å². The molecule has 1 aromatic heterocycles. The SMILES string of the molecule is CC(=O)NCc1noc([C@@H]2CCC(=O)N2Cc2ccccc2)n1. The van der Waals surface area contributed by atoms with Gasteiger partial charge in [0.2, 0.25) is 17.7 Å². The van der Waals surface area contributed by atoms with Crippen molar-refractivity contribution in [3.8, 4) is 0 Å². The van der Waals surface area contributed by atoms with E-state index >= 15 is 0 Å². The van der Waals surface area contributed by atoms with E-state index in [2.05, 4.69) is 15.5 Å². The molecule has 2 heterocycles. The second-order valence-electron chi connectivity index (χ2n) is 5.52. The van der Waals surface area contributed by atoms with Crippen LogP contribution in [-0.2, 0) is 22.7 Å². The fraction of sp³-hybridized carbons (Fsp3) is 0.375. The Kier molecular flexibility index (Phi) is 4.36. The monoisotopic (exact) mass is 314 g/mol. The Bertz CT molecular complexity index is 698. The first-order valence-electron chi connectivity index (χ1n) is 7.54. The van der Waals surface area contributed by atoms with Crippen LogP contribution >= 0.6 is 0 Å². The third kappa shape index (κ3) is 3.56. The Balaban J connectivity index is 1.73. The van der Waals surface area contributed by atoms with Gasteiger partial charge >= 0.3 is 0 Å². The Hall–Kier alpha value is -2.70. The molecule has 1 N–H and O–H groups in total. The lowest BCUT2D eigenvalue weighted by molar-refractivity contribution is -0.130. The molecule has 2 amide bonds. The second-order valence-corrected chi connectivity index (χ2v) is 5.52. The first kappa shape index (κ1) is 15.2. The van der Waals surface area contributed by atoms with Crippen LogP contribution in [-0.4, -0.2) is 26.9 Å². The van der Waals surface area contributed by atoms with E-state index < -0.39 is 0 Å². The van der Waals surface area contributed by atoms with E-state index in [0.717, 1.165) is 5.56 Å². The maximum absolute atomic E-state index is 12.2. The molecule has 7 nitrogen and oxygen atoms in total. The maximum Gasteiger partial charge on any atom is 0.249 e. The van der Waals surface area contributed by atoms with Gasteiger partial charge < -0.3 is 14.7 Å². The summed E-state index contributed by atoms with van der Waals surface area (Å²) in [6.07, 6.45) is 1.13. The maximum atomic E-state index is 12.2. The molecule has 1 atom stereocenters. The van der Waals surface area contributed by atoms with Crippen molar-refractivity contribution in [1.82, 2.24) is 20.4 Å². The summed E-state index contributed by atoms with van der Waals surface area (Å²) in [4.78, 5) is 29.2. The summed E-state index contributed by atoms with van der Waals surface area (Å²) in [6, 6.07) is 9.60. The average molecular weight is 314 g/mol.